The average molecular weight is 448 g/mol. The van der Waals surface area contributed by atoms with E-state index in [1.807, 2.05) is 24.4 Å². The number of rotatable bonds is 7. The van der Waals surface area contributed by atoms with E-state index in [0.717, 1.165) is 17.5 Å². The molecule has 1 aromatic heterocycles. The van der Waals surface area contributed by atoms with Gasteiger partial charge < -0.3 is 5.11 Å². The maximum Gasteiger partial charge on any atom is 0.180 e. The molecule has 0 radical (unpaired) electrons. The first-order chi connectivity index (χ1) is 15.6. The van der Waals surface area contributed by atoms with Crippen molar-refractivity contribution in [2.75, 3.05) is 12.4 Å². The molecule has 32 heavy (non-hydrogen) atoms. The van der Waals surface area contributed by atoms with Crippen LogP contribution >= 0.6 is 0 Å². The van der Waals surface area contributed by atoms with Crippen molar-refractivity contribution in [1.29, 1.82) is 0 Å². The third-order valence-electron chi connectivity index (χ3n) is 7.05. The second-order valence-electron chi connectivity index (χ2n) is 9.10. The van der Waals surface area contributed by atoms with Crippen LogP contribution in [0.25, 0.3) is 11.1 Å². The first kappa shape index (κ1) is 21.4. The van der Waals surface area contributed by atoms with Crippen LogP contribution in [0.3, 0.4) is 0 Å². The molecule has 2 aliphatic carbocycles. The molecule has 3 aromatic rings. The van der Waals surface area contributed by atoms with Gasteiger partial charge in [-0.15, -0.1) is 0 Å². The highest BCUT2D eigenvalue weighted by Gasteiger charge is 2.42. The van der Waals surface area contributed by atoms with Crippen LogP contribution in [0.2, 0.25) is 0 Å². The van der Waals surface area contributed by atoms with Crippen LogP contribution < -0.4 is 0 Å². The number of aliphatic hydroxyl groups is 1. The minimum Gasteiger partial charge on any atom is -0.395 e. The summed E-state index contributed by atoms with van der Waals surface area (Å²) in [7, 11) is -3.43. The van der Waals surface area contributed by atoms with Crippen molar-refractivity contribution in [3.8, 4) is 11.1 Å². The van der Waals surface area contributed by atoms with Crippen molar-refractivity contribution < 1.29 is 13.5 Å². The van der Waals surface area contributed by atoms with Gasteiger partial charge in [-0.1, -0.05) is 49.2 Å². The fourth-order valence-electron chi connectivity index (χ4n) is 5.24. The maximum absolute atomic E-state index is 12.2. The Bertz CT molecular complexity index is 1180. The topological polar surface area (TPSA) is 67.3 Å². The van der Waals surface area contributed by atoms with Gasteiger partial charge in [-0.05, 0) is 77.6 Å². The van der Waals surface area contributed by atoms with E-state index in [1.165, 1.54) is 42.5 Å². The summed E-state index contributed by atoms with van der Waals surface area (Å²) in [6.45, 7) is -0.366. The number of sulfone groups is 1. The SMILES string of the molecule is O=S(=O)(CCO)c1ccc(-c2ccc(C3CCCC3)c([C@@H]3C[C@@H]3c3ccccn3)c2)cc1. The molecular weight excluding hydrogens is 418 g/mol. The number of hydrogen-bond donors (Lipinski definition) is 1. The lowest BCUT2D eigenvalue weighted by Gasteiger charge is -2.18. The number of benzene rings is 2. The van der Waals surface area contributed by atoms with E-state index in [-0.39, 0.29) is 17.3 Å². The Morgan fingerprint density at radius 3 is 2.31 bits per heavy atom. The monoisotopic (exact) mass is 447 g/mol. The third-order valence-corrected chi connectivity index (χ3v) is 8.76. The van der Waals surface area contributed by atoms with E-state index in [9.17, 15) is 8.42 Å². The Kier molecular flexibility index (Phi) is 5.87. The Morgan fingerprint density at radius 2 is 1.62 bits per heavy atom. The zero-order valence-electron chi connectivity index (χ0n) is 18.2. The van der Waals surface area contributed by atoms with Crippen molar-refractivity contribution in [3.05, 3.63) is 83.7 Å². The summed E-state index contributed by atoms with van der Waals surface area (Å²) in [5.74, 6) is 1.39. The summed E-state index contributed by atoms with van der Waals surface area (Å²) in [4.78, 5) is 4.86. The minimum absolute atomic E-state index is 0.247. The zero-order valence-corrected chi connectivity index (χ0v) is 19.0. The normalized spacial score (nSPS) is 21.0. The van der Waals surface area contributed by atoms with Gasteiger partial charge in [0.15, 0.2) is 9.84 Å². The van der Waals surface area contributed by atoms with Crippen LogP contribution in [-0.4, -0.2) is 30.9 Å². The van der Waals surface area contributed by atoms with Crippen LogP contribution in [0, 0.1) is 0 Å². The summed E-state index contributed by atoms with van der Waals surface area (Å²) in [5.41, 5.74) is 6.26. The molecule has 166 valence electrons. The quantitative estimate of drug-likeness (QED) is 0.523. The Morgan fingerprint density at radius 1 is 0.875 bits per heavy atom. The van der Waals surface area contributed by atoms with Crippen LogP contribution in [0.5, 0.6) is 0 Å². The molecule has 0 bridgehead atoms. The number of aliphatic hydroxyl groups excluding tert-OH is 1. The highest BCUT2D eigenvalue weighted by molar-refractivity contribution is 7.91. The van der Waals surface area contributed by atoms with E-state index in [4.69, 9.17) is 5.11 Å². The van der Waals surface area contributed by atoms with Crippen LogP contribution in [0.15, 0.2) is 71.8 Å². The lowest BCUT2D eigenvalue weighted by Crippen LogP contribution is -2.09. The number of hydrogen-bond acceptors (Lipinski definition) is 4. The van der Waals surface area contributed by atoms with Crippen molar-refractivity contribution in [2.24, 2.45) is 0 Å². The Balaban J connectivity index is 1.48. The van der Waals surface area contributed by atoms with Crippen molar-refractivity contribution in [2.45, 2.75) is 54.8 Å². The molecule has 5 heteroatoms. The number of nitrogens with zero attached hydrogens (tertiary/aromatic N) is 1. The van der Waals surface area contributed by atoms with Gasteiger partial charge in [0.05, 0.1) is 17.3 Å². The van der Waals surface area contributed by atoms with Crippen LogP contribution in [-0.2, 0) is 9.84 Å². The van der Waals surface area contributed by atoms with Crippen LogP contribution in [0.1, 0.15) is 66.7 Å². The smallest absolute Gasteiger partial charge is 0.180 e. The van der Waals surface area contributed by atoms with Crippen molar-refractivity contribution in [1.82, 2.24) is 4.98 Å². The van der Waals surface area contributed by atoms with Gasteiger partial charge in [0.1, 0.15) is 0 Å². The van der Waals surface area contributed by atoms with Gasteiger partial charge in [0, 0.05) is 17.8 Å². The Hall–Kier alpha value is -2.50. The largest absolute Gasteiger partial charge is 0.395 e. The van der Waals surface area contributed by atoms with E-state index in [2.05, 4.69) is 35.3 Å². The summed E-state index contributed by atoms with van der Waals surface area (Å²) >= 11 is 0. The van der Waals surface area contributed by atoms with Crippen molar-refractivity contribution in [3.63, 3.8) is 0 Å². The molecule has 0 spiro atoms. The second-order valence-corrected chi connectivity index (χ2v) is 11.2. The molecule has 0 unspecified atom stereocenters. The second kappa shape index (κ2) is 8.80. The highest BCUT2D eigenvalue weighted by atomic mass is 32.2. The molecule has 2 saturated carbocycles. The first-order valence-corrected chi connectivity index (χ1v) is 13.2. The predicted octanol–water partition coefficient (Wildman–Crippen LogP) is 5.44. The van der Waals surface area contributed by atoms with Gasteiger partial charge in [0.2, 0.25) is 0 Å². The number of pyridine rings is 1. The molecule has 1 N–H and O–H groups in total. The molecule has 2 atom stereocenters. The van der Waals surface area contributed by atoms with Gasteiger partial charge in [-0.3, -0.25) is 4.98 Å². The third kappa shape index (κ3) is 4.24. The molecule has 2 fully saturated rings. The lowest BCUT2D eigenvalue weighted by molar-refractivity contribution is 0.319. The molecular formula is C27H29NO3S. The van der Waals surface area contributed by atoms with Crippen LogP contribution in [0.4, 0.5) is 0 Å². The van der Waals surface area contributed by atoms with E-state index in [0.29, 0.717) is 17.8 Å². The predicted molar refractivity (Wildman–Crippen MR) is 127 cm³/mol. The maximum atomic E-state index is 12.2. The molecule has 0 amide bonds. The molecule has 2 aliphatic rings. The minimum atomic E-state index is -3.43. The molecule has 0 aliphatic heterocycles. The molecule has 2 aromatic carbocycles. The van der Waals surface area contributed by atoms with Gasteiger partial charge >= 0.3 is 0 Å². The molecule has 0 saturated heterocycles. The summed E-state index contributed by atoms with van der Waals surface area (Å²) in [6.07, 6.45) is 8.17. The highest BCUT2D eigenvalue weighted by Crippen LogP contribution is 2.56. The zero-order chi connectivity index (χ0) is 22.1. The van der Waals surface area contributed by atoms with Gasteiger partial charge in [-0.25, -0.2) is 8.42 Å². The fourth-order valence-corrected chi connectivity index (χ4v) is 6.26. The molecule has 5 rings (SSSR count). The standard InChI is InChI=1S/C27H29NO3S/c29-15-16-32(30,31)22-11-8-19(9-12-22)21-10-13-23(20-5-1-2-6-20)24(17-21)25-18-26(25)27-7-3-4-14-28-27/h3-4,7-14,17,20,25-26,29H,1-2,5-6,15-16,18H2/t25-,26-/m0/s1. The lowest BCUT2D eigenvalue weighted by atomic mass is 9.87. The van der Waals surface area contributed by atoms with E-state index in [1.54, 1.807) is 12.1 Å². The Labute approximate surface area is 190 Å². The summed E-state index contributed by atoms with van der Waals surface area (Å²) in [5, 5.41) is 9.02. The first-order valence-electron chi connectivity index (χ1n) is 11.6. The average Bonchev–Trinajstić information content (AvgIpc) is 3.43. The summed E-state index contributed by atoms with van der Waals surface area (Å²) < 4.78 is 24.5. The fraction of sp³-hybridized carbons (Fsp3) is 0.370. The van der Waals surface area contributed by atoms with Gasteiger partial charge in [-0.2, -0.15) is 0 Å². The molecule has 1 heterocycles. The van der Waals surface area contributed by atoms with E-state index >= 15 is 0 Å². The number of aromatic nitrogens is 1. The van der Waals surface area contributed by atoms with E-state index < -0.39 is 9.84 Å². The molecule has 4 nitrogen and oxygen atoms in total. The van der Waals surface area contributed by atoms with Crippen molar-refractivity contribution >= 4 is 9.84 Å². The van der Waals surface area contributed by atoms with Gasteiger partial charge in [0.25, 0.3) is 0 Å². The summed E-state index contributed by atoms with van der Waals surface area (Å²) in [6, 6.07) is 20.1.